The van der Waals surface area contributed by atoms with Crippen LogP contribution < -0.4 is 10.1 Å². The van der Waals surface area contributed by atoms with Gasteiger partial charge in [-0.15, -0.1) is 0 Å². The summed E-state index contributed by atoms with van der Waals surface area (Å²) < 4.78 is 5.57. The maximum absolute atomic E-state index is 11.1. The molecule has 0 spiro atoms. The summed E-state index contributed by atoms with van der Waals surface area (Å²) in [5.74, 6) is 4.09. The number of ether oxygens (including phenoxy) is 1. The third-order valence-corrected chi connectivity index (χ3v) is 12.4. The second-order valence-electron chi connectivity index (χ2n) is 19.4. The van der Waals surface area contributed by atoms with Gasteiger partial charge in [0.1, 0.15) is 12.4 Å². The number of fused-ring (bicyclic) bond motifs is 5. The second kappa shape index (κ2) is 23.7. The SMILES string of the molecule is C=C1COc2ccc(C(C)C)cc2C1.CC(C)c1ccc2c(c1)CNC(=O)C2.CC(C)c1ccc2ccccc2c1.CC(C)c1ccc2cnccc2c1.CC(C)c1ccc2ncccc2c1. The Labute approximate surface area is 400 Å². The van der Waals surface area contributed by atoms with Crippen LogP contribution in [0.5, 0.6) is 5.75 Å². The van der Waals surface area contributed by atoms with E-state index in [1.807, 2.05) is 24.7 Å². The zero-order valence-corrected chi connectivity index (χ0v) is 41.6. The number of nitrogens with one attached hydrogen (secondary N) is 1. The molecule has 2 aliphatic heterocycles. The van der Waals surface area contributed by atoms with Crippen molar-refractivity contribution in [3.8, 4) is 5.75 Å². The lowest BCUT2D eigenvalue weighted by Gasteiger charge is -2.20. The molecule has 1 N–H and O–H groups in total. The van der Waals surface area contributed by atoms with Gasteiger partial charge < -0.3 is 10.1 Å². The lowest BCUT2D eigenvalue weighted by molar-refractivity contribution is -0.121. The molecule has 1 amide bonds. The smallest absolute Gasteiger partial charge is 0.224 e. The third kappa shape index (κ3) is 14.2. The molecule has 2 aromatic heterocycles. The van der Waals surface area contributed by atoms with E-state index in [4.69, 9.17) is 4.74 Å². The van der Waals surface area contributed by atoms with Crippen LogP contribution in [0.25, 0.3) is 32.4 Å². The lowest BCUT2D eigenvalue weighted by atomic mass is 9.94. The Morgan fingerprint density at radius 3 is 1.67 bits per heavy atom. The van der Waals surface area contributed by atoms with E-state index < -0.39 is 0 Å². The second-order valence-corrected chi connectivity index (χ2v) is 19.4. The first-order valence-corrected chi connectivity index (χ1v) is 24.1. The number of hydrogen-bond acceptors (Lipinski definition) is 4. The van der Waals surface area contributed by atoms with Crippen molar-refractivity contribution >= 4 is 38.4 Å². The highest BCUT2D eigenvalue weighted by atomic mass is 16.5. The molecule has 0 unspecified atom stereocenters. The molecular weight excluding hydrogens is 819 g/mol. The van der Waals surface area contributed by atoms with Gasteiger partial charge in [0.15, 0.2) is 0 Å². The maximum atomic E-state index is 11.1. The van der Waals surface area contributed by atoms with Crippen molar-refractivity contribution in [1.82, 2.24) is 15.3 Å². The van der Waals surface area contributed by atoms with Gasteiger partial charge in [-0.05, 0) is 126 Å². The molecule has 346 valence electrons. The number of pyridine rings is 2. The lowest BCUT2D eigenvalue weighted by Crippen LogP contribution is -2.30. The van der Waals surface area contributed by atoms with E-state index >= 15 is 0 Å². The minimum absolute atomic E-state index is 0.134. The topological polar surface area (TPSA) is 64.1 Å². The van der Waals surface area contributed by atoms with Crippen molar-refractivity contribution in [1.29, 1.82) is 0 Å². The largest absolute Gasteiger partial charge is 0.489 e. The number of carbonyl (C=O) groups is 1. The first-order chi connectivity index (χ1) is 32.1. The Morgan fingerprint density at radius 2 is 1.01 bits per heavy atom. The summed E-state index contributed by atoms with van der Waals surface area (Å²) in [7, 11) is 0. The standard InChI is InChI=1S/C13H16O.C13H14.C12H15NO.2C12H13N/c1-9(2)11-4-5-13-12(7-11)6-10(3)8-14-13;1-10(2)12-8-7-11-5-3-4-6-13(11)9-12;1-8(2)9-3-4-10-6-12(14)13-7-11(10)5-9;1-9(2)10-3-4-12-8-13-6-5-11(12)7-10;1-9(2)10-5-6-12-11(8-10)4-3-7-13-12/h4-5,7,9H,3,6,8H2,1-2H3;3-10H,1-2H3;3-5,8H,6-7H2,1-2H3,(H,13,14);2*3-9H,1-2H3. The number of aromatic nitrogens is 2. The average Bonchev–Trinajstić information content (AvgIpc) is 3.33. The number of amides is 1. The fraction of sp³-hybridized carbons (Fsp3) is 0.306. The molecule has 5 heteroatoms. The van der Waals surface area contributed by atoms with E-state index in [-0.39, 0.29) is 5.91 Å². The molecule has 5 nitrogen and oxygen atoms in total. The highest BCUT2D eigenvalue weighted by Gasteiger charge is 2.16. The predicted octanol–water partition coefficient (Wildman–Crippen LogP) is 16.0. The molecule has 0 saturated carbocycles. The van der Waals surface area contributed by atoms with Gasteiger partial charge in [0, 0.05) is 42.3 Å². The molecule has 6 aromatic carbocycles. The van der Waals surface area contributed by atoms with Crippen molar-refractivity contribution in [3.05, 3.63) is 209 Å². The molecule has 10 rings (SSSR count). The van der Waals surface area contributed by atoms with Gasteiger partial charge in [-0.2, -0.15) is 0 Å². The molecular formula is C62H71N3O2. The number of benzene rings is 6. The first kappa shape index (κ1) is 49.8. The monoisotopic (exact) mass is 890 g/mol. The Balaban J connectivity index is 0.000000138. The first-order valence-electron chi connectivity index (χ1n) is 24.1. The van der Waals surface area contributed by atoms with Crippen molar-refractivity contribution < 1.29 is 9.53 Å². The minimum Gasteiger partial charge on any atom is -0.489 e. The van der Waals surface area contributed by atoms with Crippen LogP contribution in [0.15, 0.2) is 164 Å². The van der Waals surface area contributed by atoms with Crippen LogP contribution in [0.3, 0.4) is 0 Å². The Kier molecular flexibility index (Phi) is 17.7. The van der Waals surface area contributed by atoms with E-state index in [9.17, 15) is 4.79 Å². The van der Waals surface area contributed by atoms with Gasteiger partial charge in [-0.25, -0.2) is 0 Å². The molecule has 0 radical (unpaired) electrons. The number of nitrogens with zero attached hydrogens (tertiary/aromatic N) is 2. The molecule has 0 aliphatic carbocycles. The molecule has 2 aliphatic rings. The van der Waals surface area contributed by atoms with Gasteiger partial charge in [-0.1, -0.05) is 179 Å². The van der Waals surface area contributed by atoms with E-state index in [0.29, 0.717) is 49.2 Å². The van der Waals surface area contributed by atoms with Crippen molar-refractivity contribution in [2.75, 3.05) is 6.61 Å². The fourth-order valence-corrected chi connectivity index (χ4v) is 7.99. The summed E-state index contributed by atoms with van der Waals surface area (Å²) in [4.78, 5) is 19.5. The highest BCUT2D eigenvalue weighted by molar-refractivity contribution is 5.84. The third-order valence-electron chi connectivity index (χ3n) is 12.4. The predicted molar refractivity (Wildman–Crippen MR) is 285 cm³/mol. The summed E-state index contributed by atoms with van der Waals surface area (Å²) in [5, 5.41) is 9.26. The van der Waals surface area contributed by atoms with Crippen molar-refractivity contribution in [2.45, 2.75) is 118 Å². The summed E-state index contributed by atoms with van der Waals surface area (Å²) >= 11 is 0. The van der Waals surface area contributed by atoms with E-state index in [1.54, 1.807) is 0 Å². The number of carbonyl (C=O) groups excluding carboxylic acids is 1. The highest BCUT2D eigenvalue weighted by Crippen LogP contribution is 2.30. The normalized spacial score (nSPS) is 12.8. The number of rotatable bonds is 5. The fourth-order valence-electron chi connectivity index (χ4n) is 7.99. The number of hydrogen-bond donors (Lipinski definition) is 1. The molecule has 0 atom stereocenters. The van der Waals surface area contributed by atoms with Gasteiger partial charge in [0.2, 0.25) is 5.91 Å². The van der Waals surface area contributed by atoms with E-state index in [2.05, 4.69) is 218 Å². The van der Waals surface area contributed by atoms with Crippen LogP contribution >= 0.6 is 0 Å². The van der Waals surface area contributed by atoms with Crippen LogP contribution in [-0.4, -0.2) is 22.5 Å². The van der Waals surface area contributed by atoms with Gasteiger partial charge in [-0.3, -0.25) is 14.8 Å². The molecule has 0 bridgehead atoms. The summed E-state index contributed by atoms with van der Waals surface area (Å²) in [6, 6.07) is 47.2. The Bertz CT molecular complexity index is 2710. The van der Waals surface area contributed by atoms with Crippen LogP contribution in [-0.2, 0) is 24.2 Å². The molecule has 67 heavy (non-hydrogen) atoms. The van der Waals surface area contributed by atoms with Crippen LogP contribution in [0.1, 0.15) is 143 Å². The van der Waals surface area contributed by atoms with Crippen LogP contribution in [0, 0.1) is 0 Å². The zero-order valence-electron chi connectivity index (χ0n) is 41.6. The molecule has 8 aromatic rings. The molecule has 0 saturated heterocycles. The summed E-state index contributed by atoms with van der Waals surface area (Å²) in [6.45, 7) is 27.4. The maximum Gasteiger partial charge on any atom is 0.224 e. The zero-order chi connectivity index (χ0) is 48.0. The summed E-state index contributed by atoms with van der Waals surface area (Å²) in [5.41, 5.74) is 12.9. The Hall–Kier alpha value is -6.59. The Morgan fingerprint density at radius 1 is 0.493 bits per heavy atom. The van der Waals surface area contributed by atoms with E-state index in [0.717, 1.165) is 17.7 Å². The average molecular weight is 890 g/mol. The van der Waals surface area contributed by atoms with Gasteiger partial charge >= 0.3 is 0 Å². The van der Waals surface area contributed by atoms with Crippen LogP contribution in [0.2, 0.25) is 0 Å². The van der Waals surface area contributed by atoms with Gasteiger partial charge in [0.05, 0.1) is 11.9 Å². The van der Waals surface area contributed by atoms with Crippen molar-refractivity contribution in [3.63, 3.8) is 0 Å². The molecule has 0 fully saturated rings. The minimum atomic E-state index is 0.134. The van der Waals surface area contributed by atoms with Crippen LogP contribution in [0.4, 0.5) is 0 Å². The molecule has 4 heterocycles. The van der Waals surface area contributed by atoms with Gasteiger partial charge in [0.25, 0.3) is 0 Å². The van der Waals surface area contributed by atoms with E-state index in [1.165, 1.54) is 77.0 Å². The summed E-state index contributed by atoms with van der Waals surface area (Å²) in [6.07, 6.45) is 7.08. The quantitative estimate of drug-likeness (QED) is 0.175. The van der Waals surface area contributed by atoms with Crippen molar-refractivity contribution in [2.24, 2.45) is 0 Å².